The Balaban J connectivity index is 2.08. The summed E-state index contributed by atoms with van der Waals surface area (Å²) in [7, 11) is 0. The molecule has 0 aromatic heterocycles. The third-order valence-electron chi connectivity index (χ3n) is 4.38. The van der Waals surface area contributed by atoms with E-state index in [4.69, 9.17) is 4.74 Å². The number of rotatable bonds is 0. The molecule has 1 spiro atoms. The van der Waals surface area contributed by atoms with E-state index in [2.05, 4.69) is 39.0 Å². The lowest BCUT2D eigenvalue weighted by Gasteiger charge is -2.46. The van der Waals surface area contributed by atoms with E-state index in [0.717, 1.165) is 6.61 Å². The van der Waals surface area contributed by atoms with Crippen LogP contribution in [0.25, 0.3) is 0 Å². The number of benzene rings is 1. The molecule has 0 bridgehead atoms. The Bertz CT molecular complexity index is 435. The van der Waals surface area contributed by atoms with Gasteiger partial charge in [0.05, 0.1) is 12.2 Å². The van der Waals surface area contributed by atoms with Gasteiger partial charge in [-0.1, -0.05) is 39.0 Å². The first-order chi connectivity index (χ1) is 8.01. The predicted molar refractivity (Wildman–Crippen MR) is 70.3 cm³/mol. The fraction of sp³-hybridized carbons (Fsp3) is 0.625. The minimum Gasteiger partial charge on any atom is -0.370 e. The number of hydrogen-bond donors (Lipinski definition) is 0. The summed E-state index contributed by atoms with van der Waals surface area (Å²) in [4.78, 5) is 0. The fourth-order valence-corrected chi connectivity index (χ4v) is 3.14. The Labute approximate surface area is 104 Å². The summed E-state index contributed by atoms with van der Waals surface area (Å²) in [6, 6.07) is 7.04. The molecule has 1 fully saturated rings. The molecule has 1 atom stereocenters. The van der Waals surface area contributed by atoms with Crippen LogP contribution >= 0.6 is 0 Å². The second-order valence-corrected chi connectivity index (χ2v) is 6.57. The maximum absolute atomic E-state index is 5.95. The molecular weight excluding hydrogens is 208 g/mol. The van der Waals surface area contributed by atoms with Crippen molar-refractivity contribution in [1.82, 2.24) is 0 Å². The third kappa shape index (κ3) is 1.72. The molecule has 1 unspecified atom stereocenters. The number of ether oxygens (including phenoxy) is 1. The van der Waals surface area contributed by atoms with Gasteiger partial charge in [0.25, 0.3) is 0 Å². The lowest BCUT2D eigenvalue weighted by atomic mass is 9.72. The molecule has 1 nitrogen and oxygen atoms in total. The van der Waals surface area contributed by atoms with E-state index in [1.54, 1.807) is 0 Å². The first-order valence-electron chi connectivity index (χ1n) is 6.79. The molecule has 1 aromatic rings. The zero-order chi connectivity index (χ0) is 12.1. The molecule has 1 aliphatic carbocycles. The summed E-state index contributed by atoms with van der Waals surface area (Å²) in [5.41, 5.74) is 4.77. The van der Waals surface area contributed by atoms with Crippen LogP contribution < -0.4 is 0 Å². The minimum absolute atomic E-state index is 0.0921. The van der Waals surface area contributed by atoms with E-state index in [9.17, 15) is 0 Å². The monoisotopic (exact) mass is 230 g/mol. The molecule has 2 aliphatic rings. The van der Waals surface area contributed by atoms with Crippen molar-refractivity contribution in [2.24, 2.45) is 0 Å². The van der Waals surface area contributed by atoms with E-state index < -0.39 is 0 Å². The average molecular weight is 230 g/mol. The zero-order valence-corrected chi connectivity index (χ0v) is 11.2. The van der Waals surface area contributed by atoms with Crippen LogP contribution in [0.15, 0.2) is 18.2 Å². The third-order valence-corrected chi connectivity index (χ3v) is 4.38. The van der Waals surface area contributed by atoms with Crippen LogP contribution in [0.1, 0.15) is 56.7 Å². The van der Waals surface area contributed by atoms with Crippen molar-refractivity contribution >= 4 is 0 Å². The van der Waals surface area contributed by atoms with Crippen LogP contribution in [0.2, 0.25) is 0 Å². The quantitative estimate of drug-likeness (QED) is 0.656. The molecule has 1 aromatic carbocycles. The van der Waals surface area contributed by atoms with Crippen molar-refractivity contribution in [2.45, 2.75) is 57.5 Å². The van der Waals surface area contributed by atoms with Crippen LogP contribution in [0.5, 0.6) is 0 Å². The number of hydrogen-bond acceptors (Lipinski definition) is 1. The fourth-order valence-electron chi connectivity index (χ4n) is 3.14. The Hall–Kier alpha value is -0.820. The molecule has 92 valence electrons. The molecule has 0 radical (unpaired) electrons. The Morgan fingerprint density at radius 3 is 2.53 bits per heavy atom. The van der Waals surface area contributed by atoms with Crippen molar-refractivity contribution < 1.29 is 4.74 Å². The van der Waals surface area contributed by atoms with Crippen LogP contribution in [-0.2, 0) is 22.2 Å². The lowest BCUT2D eigenvalue weighted by molar-refractivity contribution is -0.163. The Morgan fingerprint density at radius 2 is 1.94 bits per heavy atom. The molecule has 1 heteroatoms. The molecule has 1 aliphatic heterocycles. The molecule has 1 saturated heterocycles. The van der Waals surface area contributed by atoms with Crippen molar-refractivity contribution in [3.05, 3.63) is 34.9 Å². The Morgan fingerprint density at radius 1 is 1.18 bits per heavy atom. The highest BCUT2D eigenvalue weighted by molar-refractivity contribution is 5.41. The molecule has 0 amide bonds. The first-order valence-corrected chi connectivity index (χ1v) is 6.79. The van der Waals surface area contributed by atoms with Gasteiger partial charge in [-0.2, -0.15) is 0 Å². The van der Waals surface area contributed by atoms with E-state index >= 15 is 0 Å². The topological polar surface area (TPSA) is 9.23 Å². The summed E-state index contributed by atoms with van der Waals surface area (Å²) in [5.74, 6) is 0. The Kier molecular flexibility index (Phi) is 2.38. The highest BCUT2D eigenvalue weighted by atomic mass is 16.5. The highest BCUT2D eigenvalue weighted by Crippen LogP contribution is 2.47. The predicted octanol–water partition coefficient (Wildman–Crippen LogP) is 3.94. The molecule has 1 heterocycles. The van der Waals surface area contributed by atoms with Gasteiger partial charge >= 0.3 is 0 Å². The summed E-state index contributed by atoms with van der Waals surface area (Å²) >= 11 is 0. The summed E-state index contributed by atoms with van der Waals surface area (Å²) < 4.78 is 5.95. The normalized spacial score (nSPS) is 27.7. The minimum atomic E-state index is 0.0921. The van der Waals surface area contributed by atoms with Gasteiger partial charge in [-0.25, -0.2) is 0 Å². The van der Waals surface area contributed by atoms with Gasteiger partial charge in [-0.3, -0.25) is 0 Å². The van der Waals surface area contributed by atoms with Gasteiger partial charge in [-0.15, -0.1) is 0 Å². The summed E-state index contributed by atoms with van der Waals surface area (Å²) in [5, 5.41) is 0. The molecule has 17 heavy (non-hydrogen) atoms. The number of fused-ring (bicyclic) bond motifs is 2. The zero-order valence-electron chi connectivity index (χ0n) is 11.2. The van der Waals surface area contributed by atoms with Crippen LogP contribution in [-0.4, -0.2) is 6.61 Å². The van der Waals surface area contributed by atoms with Gasteiger partial charge in [-0.05, 0) is 41.4 Å². The van der Waals surface area contributed by atoms with Gasteiger partial charge in [0.2, 0.25) is 0 Å². The van der Waals surface area contributed by atoms with Gasteiger partial charge in [0, 0.05) is 6.42 Å². The molecule has 0 saturated carbocycles. The van der Waals surface area contributed by atoms with E-state index in [1.165, 1.54) is 42.4 Å². The largest absolute Gasteiger partial charge is 0.370 e. The molecular formula is C16H22O. The smallest absolute Gasteiger partial charge is 0.0956 e. The van der Waals surface area contributed by atoms with Gasteiger partial charge < -0.3 is 4.74 Å². The van der Waals surface area contributed by atoms with Gasteiger partial charge in [0.1, 0.15) is 0 Å². The second-order valence-electron chi connectivity index (χ2n) is 6.57. The second kappa shape index (κ2) is 3.58. The highest BCUT2D eigenvalue weighted by Gasteiger charge is 2.43. The van der Waals surface area contributed by atoms with Crippen molar-refractivity contribution in [3.8, 4) is 0 Å². The SMILES string of the molecule is CC(C)(C)c1ccc2c(c1)C1(CCC2)CCO1. The summed E-state index contributed by atoms with van der Waals surface area (Å²) in [6.07, 6.45) is 4.94. The van der Waals surface area contributed by atoms with Crippen molar-refractivity contribution in [1.29, 1.82) is 0 Å². The van der Waals surface area contributed by atoms with Crippen molar-refractivity contribution in [3.63, 3.8) is 0 Å². The maximum atomic E-state index is 5.95. The van der Waals surface area contributed by atoms with E-state index in [1.807, 2.05) is 0 Å². The number of aryl methyl sites for hydroxylation is 1. The van der Waals surface area contributed by atoms with Gasteiger partial charge in [0.15, 0.2) is 0 Å². The molecule has 0 N–H and O–H groups in total. The van der Waals surface area contributed by atoms with E-state index in [0.29, 0.717) is 0 Å². The maximum Gasteiger partial charge on any atom is 0.0956 e. The van der Waals surface area contributed by atoms with Crippen LogP contribution in [0.3, 0.4) is 0 Å². The van der Waals surface area contributed by atoms with E-state index in [-0.39, 0.29) is 11.0 Å². The standard InChI is InChI=1S/C16H22O/c1-15(2,3)13-7-6-12-5-4-8-16(9-10-17-16)14(12)11-13/h6-7,11H,4-5,8-10H2,1-3H3. The lowest BCUT2D eigenvalue weighted by Crippen LogP contribution is -2.43. The molecule has 3 rings (SSSR count). The average Bonchev–Trinajstić information content (AvgIpc) is 2.24. The first kappa shape index (κ1) is 11.3. The van der Waals surface area contributed by atoms with Crippen LogP contribution in [0, 0.1) is 0 Å². The van der Waals surface area contributed by atoms with Crippen LogP contribution in [0.4, 0.5) is 0 Å². The summed E-state index contributed by atoms with van der Waals surface area (Å²) in [6.45, 7) is 7.79. The van der Waals surface area contributed by atoms with Crippen molar-refractivity contribution in [2.75, 3.05) is 6.61 Å².